The lowest BCUT2D eigenvalue weighted by molar-refractivity contribution is -0.138. The van der Waals surface area contributed by atoms with Gasteiger partial charge in [0.05, 0.1) is 18.0 Å². The molecule has 0 atom stereocenters. The lowest BCUT2D eigenvalue weighted by atomic mass is 10.1. The summed E-state index contributed by atoms with van der Waals surface area (Å²) >= 11 is 6.05. The van der Waals surface area contributed by atoms with E-state index in [9.17, 15) is 4.79 Å². The van der Waals surface area contributed by atoms with Gasteiger partial charge in [-0.3, -0.25) is 0 Å². The minimum Gasteiger partial charge on any atom is -0.462 e. The third-order valence-corrected chi connectivity index (χ3v) is 2.95. The minimum absolute atomic E-state index is 0.0627. The predicted molar refractivity (Wildman–Crippen MR) is 77.0 cm³/mol. The number of esters is 1. The van der Waals surface area contributed by atoms with E-state index in [0.29, 0.717) is 11.4 Å². The third-order valence-electron chi connectivity index (χ3n) is 2.68. The number of anilines is 1. The number of hydrogen-bond donors (Lipinski definition) is 1. The second kappa shape index (κ2) is 5.76. The molecule has 0 saturated carbocycles. The minimum atomic E-state index is -0.721. The molecule has 0 amide bonds. The average molecular weight is 290 g/mol. The van der Waals surface area contributed by atoms with Crippen molar-refractivity contribution in [2.45, 2.75) is 13.8 Å². The maximum absolute atomic E-state index is 11.7. The van der Waals surface area contributed by atoms with Gasteiger partial charge in [-0.05, 0) is 31.5 Å². The van der Waals surface area contributed by atoms with Crippen molar-refractivity contribution < 1.29 is 9.53 Å². The third kappa shape index (κ3) is 2.65. The Bertz CT molecular complexity index is 671. The number of aryl methyl sites for hydroxylation is 1. The Hall–Kier alpha value is -2.32. The van der Waals surface area contributed by atoms with E-state index in [2.05, 4.69) is 10.3 Å². The summed E-state index contributed by atoms with van der Waals surface area (Å²) in [6.07, 6.45) is 0. The van der Waals surface area contributed by atoms with Gasteiger partial charge in [-0.15, -0.1) is 0 Å². The van der Waals surface area contributed by atoms with Crippen molar-refractivity contribution >= 4 is 34.1 Å². The number of rotatable bonds is 2. The van der Waals surface area contributed by atoms with Gasteiger partial charge in [0.2, 0.25) is 0 Å². The molecule has 102 valence electrons. The van der Waals surface area contributed by atoms with Gasteiger partial charge in [-0.1, -0.05) is 17.7 Å². The van der Waals surface area contributed by atoms with Gasteiger partial charge in [0.15, 0.2) is 10.7 Å². The summed E-state index contributed by atoms with van der Waals surface area (Å²) in [5.41, 5.74) is 2.37. The largest absolute Gasteiger partial charge is 0.462 e. The summed E-state index contributed by atoms with van der Waals surface area (Å²) in [6.45, 7) is 3.79. The number of benzene rings is 1. The van der Waals surface area contributed by atoms with E-state index in [1.807, 2.05) is 25.1 Å². The summed E-state index contributed by atoms with van der Waals surface area (Å²) in [6, 6.07) is 7.38. The number of fused-ring (bicyclic) bond motifs is 1. The number of aliphatic imine (C=N–C) groups is 1. The Balaban J connectivity index is 2.49. The summed E-state index contributed by atoms with van der Waals surface area (Å²) in [5.74, 6) is -0.721. The molecule has 2 rings (SSSR count). The first kappa shape index (κ1) is 14.1. The molecule has 0 fully saturated rings. The lowest BCUT2D eigenvalue weighted by Gasteiger charge is -2.18. The smallest absolute Gasteiger partial charge is 0.351 e. The second-order valence-electron chi connectivity index (χ2n) is 4.13. The summed E-state index contributed by atoms with van der Waals surface area (Å²) in [5, 5.41) is 12.1. The Kier molecular flexibility index (Phi) is 4.06. The molecule has 0 aliphatic carbocycles. The van der Waals surface area contributed by atoms with E-state index in [1.54, 1.807) is 13.0 Å². The van der Waals surface area contributed by atoms with E-state index < -0.39 is 5.97 Å². The molecular weight excluding hydrogens is 278 g/mol. The topological polar surface area (TPSA) is 74.5 Å². The molecule has 5 nitrogen and oxygen atoms in total. The highest BCUT2D eigenvalue weighted by Crippen LogP contribution is 2.33. The number of nitrogens with zero attached hydrogens (tertiary/aromatic N) is 2. The molecule has 1 aromatic rings. The Labute approximate surface area is 121 Å². The maximum atomic E-state index is 11.7. The van der Waals surface area contributed by atoms with Crippen LogP contribution in [0.15, 0.2) is 34.5 Å². The van der Waals surface area contributed by atoms with Crippen molar-refractivity contribution in [1.82, 2.24) is 0 Å². The average Bonchev–Trinajstić information content (AvgIpc) is 2.40. The van der Waals surface area contributed by atoms with Crippen LogP contribution < -0.4 is 5.32 Å². The monoisotopic (exact) mass is 289 g/mol. The van der Waals surface area contributed by atoms with E-state index in [0.717, 1.165) is 5.56 Å². The molecule has 1 aromatic carbocycles. The molecule has 0 radical (unpaired) electrons. The van der Waals surface area contributed by atoms with Crippen molar-refractivity contribution in [2.75, 3.05) is 11.9 Å². The van der Waals surface area contributed by atoms with Crippen LogP contribution in [0, 0.1) is 18.3 Å². The number of hydrogen-bond acceptors (Lipinski definition) is 5. The quantitative estimate of drug-likeness (QED) is 0.516. The Morgan fingerprint density at radius 1 is 1.55 bits per heavy atom. The number of carbonyl (C=O) groups excluding carboxylic acids is 1. The van der Waals surface area contributed by atoms with Crippen molar-refractivity contribution in [3.8, 4) is 6.07 Å². The number of nitriles is 1. The zero-order valence-corrected chi connectivity index (χ0v) is 11.8. The molecule has 1 aliphatic rings. The van der Waals surface area contributed by atoms with Crippen LogP contribution in [0.5, 0.6) is 0 Å². The molecule has 0 aromatic heterocycles. The molecule has 1 heterocycles. The molecule has 1 N–H and O–H groups in total. The Morgan fingerprint density at radius 2 is 2.30 bits per heavy atom. The molecule has 0 saturated heterocycles. The van der Waals surface area contributed by atoms with E-state index >= 15 is 0 Å². The van der Waals surface area contributed by atoms with Gasteiger partial charge in [0, 0.05) is 0 Å². The normalized spacial score (nSPS) is 15.4. The fourth-order valence-electron chi connectivity index (χ4n) is 1.76. The van der Waals surface area contributed by atoms with Crippen LogP contribution in [0.25, 0.3) is 0 Å². The summed E-state index contributed by atoms with van der Waals surface area (Å²) < 4.78 is 4.83. The van der Waals surface area contributed by atoms with Crippen LogP contribution in [0.2, 0.25) is 0 Å². The van der Waals surface area contributed by atoms with Gasteiger partial charge in [-0.2, -0.15) is 5.26 Å². The van der Waals surface area contributed by atoms with Crippen LogP contribution in [0.3, 0.4) is 0 Å². The highest BCUT2D eigenvalue weighted by Gasteiger charge is 2.24. The molecular formula is C14H12ClN3O2. The number of halogens is 1. The fourth-order valence-corrected chi connectivity index (χ4v) is 1.99. The standard InChI is InChI=1S/C14H12ClN3O2/c1-3-20-14(19)9(7-16)12-13(15)18-11-6-8(2)4-5-10(11)17-12/h4-6,17H,3H2,1-2H3/b12-9-. The predicted octanol–water partition coefficient (Wildman–Crippen LogP) is 3.03. The second-order valence-corrected chi connectivity index (χ2v) is 4.49. The SMILES string of the molecule is CCOC(=O)/C(C#N)=C1\Nc2ccc(C)cc2N=C1Cl. The van der Waals surface area contributed by atoms with Gasteiger partial charge in [-0.25, -0.2) is 9.79 Å². The van der Waals surface area contributed by atoms with Crippen LogP contribution >= 0.6 is 11.6 Å². The van der Waals surface area contributed by atoms with E-state index in [-0.39, 0.29) is 23.0 Å². The summed E-state index contributed by atoms with van der Waals surface area (Å²) in [7, 11) is 0. The van der Waals surface area contributed by atoms with Crippen LogP contribution in [0.4, 0.5) is 11.4 Å². The first-order chi connectivity index (χ1) is 9.56. The molecule has 1 aliphatic heterocycles. The van der Waals surface area contributed by atoms with Gasteiger partial charge in [0.1, 0.15) is 11.8 Å². The van der Waals surface area contributed by atoms with Gasteiger partial charge >= 0.3 is 5.97 Å². The van der Waals surface area contributed by atoms with Gasteiger partial charge in [0.25, 0.3) is 0 Å². The first-order valence-corrected chi connectivity index (χ1v) is 6.38. The zero-order valence-electron chi connectivity index (χ0n) is 11.0. The highest BCUT2D eigenvalue weighted by atomic mass is 35.5. The van der Waals surface area contributed by atoms with Crippen molar-refractivity contribution in [2.24, 2.45) is 4.99 Å². The van der Waals surface area contributed by atoms with Crippen molar-refractivity contribution in [3.05, 3.63) is 35.0 Å². The number of allylic oxidation sites excluding steroid dienone is 1. The van der Waals surface area contributed by atoms with E-state index in [4.69, 9.17) is 21.6 Å². The molecule has 0 unspecified atom stereocenters. The lowest BCUT2D eigenvalue weighted by Crippen LogP contribution is -2.18. The Morgan fingerprint density at radius 3 is 2.95 bits per heavy atom. The van der Waals surface area contributed by atoms with Crippen LogP contribution in [0.1, 0.15) is 12.5 Å². The number of carbonyl (C=O) groups is 1. The summed E-state index contributed by atoms with van der Waals surface area (Å²) in [4.78, 5) is 15.9. The first-order valence-electron chi connectivity index (χ1n) is 6.00. The van der Waals surface area contributed by atoms with Crippen molar-refractivity contribution in [3.63, 3.8) is 0 Å². The van der Waals surface area contributed by atoms with E-state index in [1.165, 1.54) is 0 Å². The zero-order chi connectivity index (χ0) is 14.7. The van der Waals surface area contributed by atoms with Gasteiger partial charge < -0.3 is 10.1 Å². The molecule has 0 bridgehead atoms. The molecule has 20 heavy (non-hydrogen) atoms. The van der Waals surface area contributed by atoms with Crippen LogP contribution in [-0.2, 0) is 9.53 Å². The highest BCUT2D eigenvalue weighted by molar-refractivity contribution is 6.70. The number of ether oxygens (including phenoxy) is 1. The number of nitrogens with one attached hydrogen (secondary N) is 1. The molecule has 0 spiro atoms. The maximum Gasteiger partial charge on any atom is 0.351 e. The molecule has 6 heteroatoms. The van der Waals surface area contributed by atoms with Crippen molar-refractivity contribution in [1.29, 1.82) is 5.26 Å². The van der Waals surface area contributed by atoms with Crippen LogP contribution in [-0.4, -0.2) is 17.7 Å². The fraction of sp³-hybridized carbons (Fsp3) is 0.214.